The molecule has 1 aliphatic rings. The first kappa shape index (κ1) is 30.5. The second-order valence-electron chi connectivity index (χ2n) is 10.3. The van der Waals surface area contributed by atoms with Crippen molar-refractivity contribution in [3.8, 4) is 17.1 Å². The molecular weight excluding hydrogens is 460 g/mol. The van der Waals surface area contributed by atoms with Crippen molar-refractivity contribution in [1.82, 2.24) is 9.97 Å². The van der Waals surface area contributed by atoms with Gasteiger partial charge in [-0.1, -0.05) is 83.3 Å². The van der Waals surface area contributed by atoms with Crippen molar-refractivity contribution in [1.29, 1.82) is 0 Å². The number of aliphatic carboxylic acids is 1. The molecule has 1 aromatic heterocycles. The number of rotatable bonds is 15. The Morgan fingerprint density at radius 3 is 2.00 bits per heavy atom. The quantitative estimate of drug-likeness (QED) is 0.198. The molecule has 0 saturated carbocycles. The number of aromatic nitrogens is 2. The Morgan fingerprint density at radius 2 is 1.43 bits per heavy atom. The van der Waals surface area contributed by atoms with Crippen molar-refractivity contribution >= 4 is 5.97 Å². The Kier molecular flexibility index (Phi) is 15.3. The van der Waals surface area contributed by atoms with E-state index in [9.17, 15) is 15.0 Å². The molecule has 0 saturated heterocycles. The number of aromatic hydroxyl groups is 1. The topological polar surface area (TPSA) is 86.1 Å². The average molecular weight is 508 g/mol. The van der Waals surface area contributed by atoms with E-state index in [1.807, 2.05) is 24.5 Å². The van der Waals surface area contributed by atoms with E-state index >= 15 is 0 Å². The van der Waals surface area contributed by atoms with Gasteiger partial charge in [0.25, 0.3) is 0 Å². The number of carboxylic acids is 1. The van der Waals surface area contributed by atoms with Crippen LogP contribution in [0.15, 0.2) is 48.3 Å². The highest BCUT2D eigenvalue weighted by Gasteiger charge is 2.14. The number of nitrogens with zero attached hydrogens (tertiary/aromatic N) is 2. The molecule has 0 fully saturated rings. The second kappa shape index (κ2) is 18.5. The van der Waals surface area contributed by atoms with Crippen LogP contribution >= 0.6 is 0 Å². The normalized spacial score (nSPS) is 15.0. The maximum atomic E-state index is 10.6. The summed E-state index contributed by atoms with van der Waals surface area (Å²) < 4.78 is 0. The summed E-state index contributed by atoms with van der Waals surface area (Å²) in [7, 11) is 0. The van der Waals surface area contributed by atoms with E-state index in [2.05, 4.69) is 29.9 Å². The summed E-state index contributed by atoms with van der Waals surface area (Å²) >= 11 is 0. The largest absolute Gasteiger partial charge is 0.550 e. The zero-order valence-electron chi connectivity index (χ0n) is 23.1. The van der Waals surface area contributed by atoms with E-state index in [0.29, 0.717) is 12.2 Å². The molecule has 2 aromatic rings. The molecule has 1 N–H and O–H groups in total. The number of hydrogen-bond acceptors (Lipinski definition) is 5. The first-order chi connectivity index (χ1) is 18.0. The molecule has 0 bridgehead atoms. The molecule has 204 valence electrons. The second-order valence-corrected chi connectivity index (χ2v) is 10.3. The monoisotopic (exact) mass is 507 g/mol. The molecule has 37 heavy (non-hydrogen) atoms. The highest BCUT2D eigenvalue weighted by Crippen LogP contribution is 2.26. The lowest BCUT2D eigenvalue weighted by Gasteiger charge is -2.22. The molecule has 1 aromatic carbocycles. The molecule has 0 spiro atoms. The molecule has 0 amide bonds. The summed E-state index contributed by atoms with van der Waals surface area (Å²) in [5, 5.41) is 19.9. The van der Waals surface area contributed by atoms with Gasteiger partial charge in [-0.3, -0.25) is 0 Å². The number of allylic oxidation sites excluding steroid dienone is 2. The Hall–Kier alpha value is -2.69. The fraction of sp³-hybridized carbons (Fsp3) is 0.594. The predicted molar refractivity (Wildman–Crippen MR) is 150 cm³/mol. The standard InChI is InChI=1S/C20H28N2O.C12H20O2/c1-2-3-4-5-6-7-8-9-10-17-15-21-20(22-16-17)18-11-13-19(23)14-12-18;1-2-3-4-5-10-6-8-11(9-7-10)12(13)14/h11-16,23H,2-10H2,1H3;6,11H,2-5,7-9H2,1H3,(H,13,14)/p-1. The van der Waals surface area contributed by atoms with E-state index in [4.69, 9.17) is 0 Å². The van der Waals surface area contributed by atoms with Gasteiger partial charge in [-0.2, -0.15) is 0 Å². The van der Waals surface area contributed by atoms with Crippen LogP contribution in [0.2, 0.25) is 0 Å². The number of carbonyl (C=O) groups excluding carboxylic acids is 1. The average Bonchev–Trinajstić information content (AvgIpc) is 2.92. The lowest BCUT2D eigenvalue weighted by Crippen LogP contribution is -2.32. The van der Waals surface area contributed by atoms with Crippen LogP contribution in [-0.4, -0.2) is 21.0 Å². The Morgan fingerprint density at radius 1 is 0.865 bits per heavy atom. The minimum atomic E-state index is -0.881. The van der Waals surface area contributed by atoms with Crippen molar-refractivity contribution in [2.45, 2.75) is 117 Å². The highest BCUT2D eigenvalue weighted by molar-refractivity contribution is 5.68. The number of benzene rings is 1. The van der Waals surface area contributed by atoms with E-state index in [1.165, 1.54) is 81.8 Å². The third kappa shape index (κ3) is 12.9. The summed E-state index contributed by atoms with van der Waals surface area (Å²) in [6.07, 6.45) is 25.1. The van der Waals surface area contributed by atoms with Crippen LogP contribution < -0.4 is 5.11 Å². The fourth-order valence-corrected chi connectivity index (χ4v) is 4.64. The van der Waals surface area contributed by atoms with Gasteiger partial charge in [0.05, 0.1) is 0 Å². The van der Waals surface area contributed by atoms with Crippen molar-refractivity contribution in [3.63, 3.8) is 0 Å². The van der Waals surface area contributed by atoms with Crippen LogP contribution in [0.25, 0.3) is 11.4 Å². The van der Waals surface area contributed by atoms with Gasteiger partial charge in [0.2, 0.25) is 0 Å². The summed E-state index contributed by atoms with van der Waals surface area (Å²) in [6.45, 7) is 4.45. The predicted octanol–water partition coefficient (Wildman–Crippen LogP) is 7.58. The van der Waals surface area contributed by atoms with Gasteiger partial charge in [0.15, 0.2) is 5.82 Å². The maximum Gasteiger partial charge on any atom is 0.159 e. The minimum absolute atomic E-state index is 0.232. The lowest BCUT2D eigenvalue weighted by molar-refractivity contribution is -0.311. The van der Waals surface area contributed by atoms with E-state index in [0.717, 1.165) is 31.2 Å². The smallest absolute Gasteiger partial charge is 0.159 e. The molecule has 0 radical (unpaired) electrons. The van der Waals surface area contributed by atoms with Crippen LogP contribution in [0.4, 0.5) is 0 Å². The van der Waals surface area contributed by atoms with Crippen LogP contribution in [0.1, 0.15) is 116 Å². The van der Waals surface area contributed by atoms with Crippen molar-refractivity contribution in [2.24, 2.45) is 5.92 Å². The molecule has 3 rings (SSSR count). The number of aryl methyl sites for hydroxylation is 1. The van der Waals surface area contributed by atoms with Crippen molar-refractivity contribution < 1.29 is 15.0 Å². The number of carboxylic acid groups (broad SMARTS) is 1. The van der Waals surface area contributed by atoms with Crippen LogP contribution in [0, 0.1) is 5.92 Å². The van der Waals surface area contributed by atoms with E-state index in [-0.39, 0.29) is 11.7 Å². The number of carbonyl (C=O) groups is 1. The minimum Gasteiger partial charge on any atom is -0.550 e. The third-order valence-corrected chi connectivity index (χ3v) is 7.09. The van der Waals surface area contributed by atoms with Gasteiger partial charge >= 0.3 is 0 Å². The van der Waals surface area contributed by atoms with Crippen molar-refractivity contribution in [3.05, 3.63) is 53.9 Å². The molecule has 1 heterocycles. The first-order valence-corrected chi connectivity index (χ1v) is 14.5. The number of phenols is 1. The molecule has 1 aliphatic carbocycles. The lowest BCUT2D eigenvalue weighted by atomic mass is 9.87. The Bertz CT molecular complexity index is 907. The maximum absolute atomic E-state index is 10.6. The van der Waals surface area contributed by atoms with Crippen LogP contribution in [-0.2, 0) is 11.2 Å². The van der Waals surface area contributed by atoms with Gasteiger partial charge in [-0.05, 0) is 74.8 Å². The van der Waals surface area contributed by atoms with E-state index < -0.39 is 5.97 Å². The summed E-state index contributed by atoms with van der Waals surface area (Å²) in [4.78, 5) is 19.5. The van der Waals surface area contributed by atoms with E-state index in [1.54, 1.807) is 12.1 Å². The van der Waals surface area contributed by atoms with Gasteiger partial charge in [-0.25, -0.2) is 9.97 Å². The third-order valence-electron chi connectivity index (χ3n) is 7.09. The SMILES string of the molecule is CCCCCC1=CCC(C(=O)[O-])CC1.CCCCCCCCCCc1cnc(-c2ccc(O)cc2)nc1. The number of hydrogen-bond donors (Lipinski definition) is 1. The molecule has 1 atom stereocenters. The summed E-state index contributed by atoms with van der Waals surface area (Å²) in [5.41, 5.74) is 3.59. The van der Waals surface area contributed by atoms with Crippen LogP contribution in [0.5, 0.6) is 5.75 Å². The zero-order valence-corrected chi connectivity index (χ0v) is 23.1. The molecule has 5 nitrogen and oxygen atoms in total. The Labute approximate surface area is 224 Å². The highest BCUT2D eigenvalue weighted by atomic mass is 16.4. The number of phenolic OH excluding ortho intramolecular Hbond substituents is 1. The van der Waals surface area contributed by atoms with Gasteiger partial charge in [0.1, 0.15) is 5.75 Å². The molecule has 1 unspecified atom stereocenters. The zero-order chi connectivity index (χ0) is 26.7. The molecule has 5 heteroatoms. The van der Waals surface area contributed by atoms with Gasteiger partial charge in [0, 0.05) is 29.8 Å². The summed E-state index contributed by atoms with van der Waals surface area (Å²) in [6, 6.07) is 6.99. The van der Waals surface area contributed by atoms with Crippen molar-refractivity contribution in [2.75, 3.05) is 0 Å². The van der Waals surface area contributed by atoms with Gasteiger partial charge < -0.3 is 15.0 Å². The summed E-state index contributed by atoms with van der Waals surface area (Å²) in [5.74, 6) is -0.136. The Balaban J connectivity index is 0.000000294. The molecule has 0 aliphatic heterocycles. The molecular formula is C32H47N2O3-. The van der Waals surface area contributed by atoms with Crippen LogP contribution in [0.3, 0.4) is 0 Å². The van der Waals surface area contributed by atoms with Gasteiger partial charge in [-0.15, -0.1) is 0 Å². The number of unbranched alkanes of at least 4 members (excludes halogenated alkanes) is 9. The fourth-order valence-electron chi connectivity index (χ4n) is 4.64. The first-order valence-electron chi connectivity index (χ1n) is 14.5.